The Morgan fingerprint density at radius 1 is 1.02 bits per heavy atom. The van der Waals surface area contributed by atoms with E-state index in [0.717, 1.165) is 6.07 Å². The second-order valence-electron chi connectivity index (χ2n) is 15.8. The molecule has 0 aromatic heterocycles. The molecule has 1 heterocycles. The van der Waals surface area contributed by atoms with E-state index in [4.69, 9.17) is 37.1 Å². The van der Waals surface area contributed by atoms with Gasteiger partial charge in [0, 0.05) is 29.2 Å². The maximum Gasteiger partial charge on any atom is 0.324 e. The Hall–Kier alpha value is -2.06. The highest BCUT2D eigenvalue weighted by Gasteiger charge is 2.62. The molecule has 0 aliphatic carbocycles. The van der Waals surface area contributed by atoms with Crippen molar-refractivity contribution in [3.05, 3.63) is 69.2 Å². The van der Waals surface area contributed by atoms with Gasteiger partial charge in [0.2, 0.25) is 0 Å². The molecule has 1 saturated heterocycles. The lowest BCUT2D eigenvalue weighted by Crippen LogP contribution is -2.45. The number of hydrogen-bond donors (Lipinski definition) is 1. The number of nitrogens with one attached hydrogen (secondary N) is 1. The van der Waals surface area contributed by atoms with Gasteiger partial charge in [-0.05, 0) is 80.9 Å². The van der Waals surface area contributed by atoms with Gasteiger partial charge in [0.05, 0.1) is 24.3 Å². The van der Waals surface area contributed by atoms with Crippen LogP contribution in [0, 0.1) is 28.4 Å². The van der Waals surface area contributed by atoms with E-state index in [0.29, 0.717) is 32.7 Å². The number of carbonyl (C=O) groups excluding carboxylic acids is 1. The predicted molar refractivity (Wildman–Crippen MR) is 186 cm³/mol. The van der Waals surface area contributed by atoms with Crippen LogP contribution in [0.1, 0.15) is 85.3 Å². The van der Waals surface area contributed by atoms with Gasteiger partial charge in [-0.25, -0.2) is 8.78 Å². The molecule has 1 fully saturated rings. The van der Waals surface area contributed by atoms with Crippen LogP contribution < -0.4 is 5.32 Å². The summed E-state index contributed by atoms with van der Waals surface area (Å²) in [5, 5.41) is 14.5. The SMILES string of the molecule is CC(C)(CCOCCO[Si](C)(C)C(C)(C)C)CC1NC(C(=O)OC(C)(C)C)C(c2cccc(Cl)c2F)C1(C#N)c1ccc(Cl)cc1F. The minimum Gasteiger partial charge on any atom is -0.459 e. The van der Waals surface area contributed by atoms with E-state index in [9.17, 15) is 10.1 Å². The summed E-state index contributed by atoms with van der Waals surface area (Å²) >= 11 is 12.4. The molecule has 4 unspecified atom stereocenters. The fourth-order valence-corrected chi connectivity index (χ4v) is 7.33. The van der Waals surface area contributed by atoms with E-state index in [-0.39, 0.29) is 26.2 Å². The quantitative estimate of drug-likeness (QED) is 0.134. The van der Waals surface area contributed by atoms with Crippen LogP contribution in [0.5, 0.6) is 0 Å². The Bertz CT molecular complexity index is 1470. The number of rotatable bonds is 12. The van der Waals surface area contributed by atoms with Gasteiger partial charge in [0.15, 0.2) is 8.32 Å². The van der Waals surface area contributed by atoms with E-state index < -0.39 is 60.4 Å². The molecular weight excluding hydrogens is 661 g/mol. The number of hydrogen-bond acceptors (Lipinski definition) is 6. The molecule has 4 atom stereocenters. The summed E-state index contributed by atoms with van der Waals surface area (Å²) in [6.07, 6.45) is 0.924. The Kier molecular flexibility index (Phi) is 12.4. The van der Waals surface area contributed by atoms with Gasteiger partial charge >= 0.3 is 5.97 Å². The third kappa shape index (κ3) is 9.14. The van der Waals surface area contributed by atoms with Gasteiger partial charge in [0.25, 0.3) is 0 Å². The summed E-state index contributed by atoms with van der Waals surface area (Å²) in [4.78, 5) is 13.8. The predicted octanol–water partition coefficient (Wildman–Crippen LogP) is 9.34. The number of nitrogens with zero attached hydrogens (tertiary/aromatic N) is 1. The monoisotopic (exact) mass is 710 g/mol. The van der Waals surface area contributed by atoms with Crippen molar-refractivity contribution < 1.29 is 27.5 Å². The summed E-state index contributed by atoms with van der Waals surface area (Å²) in [7, 11) is -1.89. The fourth-order valence-electron chi connectivity index (χ4n) is 5.96. The normalized spacial score (nSPS) is 22.3. The number of esters is 1. The van der Waals surface area contributed by atoms with E-state index in [1.54, 1.807) is 26.8 Å². The molecule has 11 heteroatoms. The maximum atomic E-state index is 16.0. The van der Waals surface area contributed by atoms with Crippen LogP contribution in [0.25, 0.3) is 0 Å². The molecular formula is C36H50Cl2F2N2O4Si. The Morgan fingerprint density at radius 2 is 1.68 bits per heavy atom. The molecule has 0 spiro atoms. The van der Waals surface area contributed by atoms with Crippen LogP contribution in [0.4, 0.5) is 8.78 Å². The average Bonchev–Trinajstić information content (AvgIpc) is 3.24. The first-order valence-electron chi connectivity index (χ1n) is 16.1. The molecule has 1 N–H and O–H groups in total. The topological polar surface area (TPSA) is 80.6 Å². The van der Waals surface area contributed by atoms with Crippen molar-refractivity contribution >= 4 is 37.5 Å². The van der Waals surface area contributed by atoms with Crippen molar-refractivity contribution in [2.75, 3.05) is 19.8 Å². The molecule has 3 rings (SSSR count). The van der Waals surface area contributed by atoms with Gasteiger partial charge in [-0.15, -0.1) is 0 Å². The van der Waals surface area contributed by atoms with Crippen LogP contribution in [-0.4, -0.2) is 51.8 Å². The zero-order valence-electron chi connectivity index (χ0n) is 29.3. The maximum absolute atomic E-state index is 16.0. The molecule has 260 valence electrons. The third-order valence-electron chi connectivity index (χ3n) is 9.47. The van der Waals surface area contributed by atoms with Crippen molar-refractivity contribution in [3.8, 4) is 6.07 Å². The molecule has 2 aromatic rings. The largest absolute Gasteiger partial charge is 0.459 e. The molecule has 2 aromatic carbocycles. The van der Waals surface area contributed by atoms with Crippen molar-refractivity contribution in [2.24, 2.45) is 5.41 Å². The highest BCUT2D eigenvalue weighted by atomic mass is 35.5. The van der Waals surface area contributed by atoms with Crippen molar-refractivity contribution in [1.82, 2.24) is 5.32 Å². The fraction of sp³-hybridized carbons (Fsp3) is 0.611. The zero-order valence-corrected chi connectivity index (χ0v) is 31.8. The molecule has 0 saturated carbocycles. The summed E-state index contributed by atoms with van der Waals surface area (Å²) in [5.74, 6) is -3.38. The third-order valence-corrected chi connectivity index (χ3v) is 14.5. The highest BCUT2D eigenvalue weighted by molar-refractivity contribution is 6.74. The molecule has 6 nitrogen and oxygen atoms in total. The lowest BCUT2D eigenvalue weighted by molar-refractivity contribution is -0.157. The average molecular weight is 712 g/mol. The summed E-state index contributed by atoms with van der Waals surface area (Å²) < 4.78 is 49.8. The van der Waals surface area contributed by atoms with E-state index in [2.05, 4.69) is 45.3 Å². The molecule has 0 bridgehead atoms. The van der Waals surface area contributed by atoms with E-state index in [1.807, 2.05) is 13.8 Å². The summed E-state index contributed by atoms with van der Waals surface area (Å²) in [6, 6.07) is 8.87. The minimum atomic E-state index is -1.89. The van der Waals surface area contributed by atoms with Gasteiger partial charge in [-0.1, -0.05) is 76.0 Å². The molecule has 47 heavy (non-hydrogen) atoms. The van der Waals surface area contributed by atoms with Gasteiger partial charge in [-0.3, -0.25) is 10.1 Å². The van der Waals surface area contributed by atoms with Crippen LogP contribution >= 0.6 is 23.2 Å². The standard InChI is InChI=1S/C36H50Cl2F2N2O4Si/c1-33(2,3)46-32(43)31-29(24-12-11-13-26(38)30(24)40)36(22-41,25-15-14-23(37)20-27(25)39)28(42-31)21-35(7,8)16-17-44-18-19-45-47(9,10)34(4,5)6/h11-15,20,28-29,31,42H,16-19,21H2,1-10H3. The first kappa shape index (κ1) is 39.4. The Morgan fingerprint density at radius 3 is 2.26 bits per heavy atom. The molecule has 0 radical (unpaired) electrons. The Balaban J connectivity index is 2.01. The highest BCUT2D eigenvalue weighted by Crippen LogP contribution is 2.53. The number of benzene rings is 2. The Labute approximate surface area is 290 Å². The van der Waals surface area contributed by atoms with E-state index >= 15 is 8.78 Å². The summed E-state index contributed by atoms with van der Waals surface area (Å²) in [5.41, 5.74) is -3.06. The number of nitriles is 1. The first-order valence-corrected chi connectivity index (χ1v) is 19.7. The molecule has 0 amide bonds. The van der Waals surface area contributed by atoms with Gasteiger partial charge < -0.3 is 13.9 Å². The van der Waals surface area contributed by atoms with Crippen molar-refractivity contribution in [3.63, 3.8) is 0 Å². The molecule has 1 aliphatic rings. The number of halogens is 4. The van der Waals surface area contributed by atoms with Gasteiger partial charge in [0.1, 0.15) is 28.7 Å². The lowest BCUT2D eigenvalue weighted by atomic mass is 9.62. The first-order chi connectivity index (χ1) is 21.6. The zero-order chi connectivity index (χ0) is 35.6. The second kappa shape index (κ2) is 14.8. The lowest BCUT2D eigenvalue weighted by Gasteiger charge is -2.38. The van der Waals surface area contributed by atoms with Crippen LogP contribution in [-0.2, 0) is 24.1 Å². The number of carbonyl (C=O) groups is 1. The van der Waals surface area contributed by atoms with Crippen LogP contribution in [0.3, 0.4) is 0 Å². The number of ether oxygens (including phenoxy) is 2. The second-order valence-corrected chi connectivity index (χ2v) is 21.4. The minimum absolute atomic E-state index is 0.00663. The van der Waals surface area contributed by atoms with Crippen molar-refractivity contribution in [1.29, 1.82) is 5.26 Å². The van der Waals surface area contributed by atoms with Crippen LogP contribution in [0.15, 0.2) is 36.4 Å². The van der Waals surface area contributed by atoms with Crippen molar-refractivity contribution in [2.45, 2.75) is 115 Å². The van der Waals surface area contributed by atoms with E-state index in [1.165, 1.54) is 24.3 Å². The van der Waals surface area contributed by atoms with Crippen LogP contribution in [0.2, 0.25) is 28.2 Å². The smallest absolute Gasteiger partial charge is 0.324 e. The summed E-state index contributed by atoms with van der Waals surface area (Å²) in [6.45, 7) is 21.6. The van der Waals surface area contributed by atoms with Gasteiger partial charge in [-0.2, -0.15) is 5.26 Å². The molecule has 1 aliphatic heterocycles.